The Hall–Kier alpha value is -2.78. The summed E-state index contributed by atoms with van der Waals surface area (Å²) in [7, 11) is 1.66. The number of ether oxygens (including phenoxy) is 1. The lowest BCUT2D eigenvalue weighted by Crippen LogP contribution is -1.86. The number of oxazole rings is 1. The number of hydrogen-bond acceptors (Lipinski definition) is 3. The fourth-order valence-electron chi connectivity index (χ4n) is 2.94. The molecule has 1 heterocycles. The van der Waals surface area contributed by atoms with Crippen LogP contribution in [0.25, 0.3) is 33.4 Å². The lowest BCUT2D eigenvalue weighted by molar-refractivity contribution is 0.415. The number of methoxy groups -OCH3 is 1. The first-order chi connectivity index (χ1) is 12.1. The maximum atomic E-state index is 6.01. The zero-order valence-corrected chi connectivity index (χ0v) is 14.7. The maximum absolute atomic E-state index is 6.01. The van der Waals surface area contributed by atoms with Gasteiger partial charge in [-0.05, 0) is 53.1 Å². The van der Waals surface area contributed by atoms with Gasteiger partial charge in [0.05, 0.1) is 7.11 Å². The topological polar surface area (TPSA) is 35.3 Å². The van der Waals surface area contributed by atoms with Gasteiger partial charge in [-0.1, -0.05) is 35.9 Å². The molecule has 0 fully saturated rings. The Labute approximate surface area is 150 Å². The zero-order chi connectivity index (χ0) is 17.4. The van der Waals surface area contributed by atoms with E-state index in [9.17, 15) is 0 Å². The first-order valence-corrected chi connectivity index (χ1v) is 8.33. The Balaban J connectivity index is 1.93. The molecule has 0 aliphatic rings. The van der Waals surface area contributed by atoms with Crippen LogP contribution in [0.2, 0.25) is 5.02 Å². The van der Waals surface area contributed by atoms with Gasteiger partial charge in [-0.25, -0.2) is 4.98 Å². The average Bonchev–Trinajstić information content (AvgIpc) is 3.01. The summed E-state index contributed by atoms with van der Waals surface area (Å²) >= 11 is 6.01. The lowest BCUT2D eigenvalue weighted by Gasteiger charge is -2.08. The van der Waals surface area contributed by atoms with Gasteiger partial charge in [0.15, 0.2) is 11.5 Å². The van der Waals surface area contributed by atoms with Crippen molar-refractivity contribution in [3.05, 3.63) is 71.6 Å². The van der Waals surface area contributed by atoms with Gasteiger partial charge in [0.25, 0.3) is 0 Å². The van der Waals surface area contributed by atoms with E-state index in [-0.39, 0.29) is 0 Å². The molecule has 4 heteroatoms. The molecule has 4 rings (SSSR count). The Morgan fingerprint density at radius 3 is 2.24 bits per heavy atom. The van der Waals surface area contributed by atoms with E-state index in [0.29, 0.717) is 5.89 Å². The first-order valence-electron chi connectivity index (χ1n) is 7.95. The van der Waals surface area contributed by atoms with Gasteiger partial charge in [-0.3, -0.25) is 0 Å². The van der Waals surface area contributed by atoms with Crippen molar-refractivity contribution in [1.82, 2.24) is 4.98 Å². The van der Waals surface area contributed by atoms with Crippen molar-refractivity contribution in [2.75, 3.05) is 7.11 Å². The summed E-state index contributed by atoms with van der Waals surface area (Å²) in [5.41, 5.74) is 5.87. The minimum Gasteiger partial charge on any atom is -0.497 e. The number of aromatic nitrogens is 1. The predicted octanol–water partition coefficient (Wildman–Crippen LogP) is 6.13. The van der Waals surface area contributed by atoms with Crippen LogP contribution in [0.1, 0.15) is 5.89 Å². The van der Waals surface area contributed by atoms with E-state index in [1.807, 2.05) is 61.5 Å². The second-order valence-corrected chi connectivity index (χ2v) is 6.28. The van der Waals surface area contributed by atoms with Crippen molar-refractivity contribution in [2.24, 2.45) is 0 Å². The van der Waals surface area contributed by atoms with Crippen LogP contribution in [0.4, 0.5) is 0 Å². The summed E-state index contributed by atoms with van der Waals surface area (Å²) < 4.78 is 11.1. The number of fused-ring (bicyclic) bond motifs is 1. The third-order valence-electron chi connectivity index (χ3n) is 4.18. The third-order valence-corrected chi connectivity index (χ3v) is 4.43. The van der Waals surface area contributed by atoms with Crippen LogP contribution in [0.5, 0.6) is 5.75 Å². The first kappa shape index (κ1) is 15.7. The molecule has 0 amide bonds. The number of nitrogens with zero attached hydrogens (tertiary/aromatic N) is 1. The Morgan fingerprint density at radius 2 is 1.56 bits per heavy atom. The quantitative estimate of drug-likeness (QED) is 0.446. The lowest BCUT2D eigenvalue weighted by atomic mass is 9.97. The summed E-state index contributed by atoms with van der Waals surface area (Å²) in [5, 5.41) is 0.718. The van der Waals surface area contributed by atoms with Gasteiger partial charge in [0.1, 0.15) is 11.3 Å². The Bertz CT molecular complexity index is 1030. The van der Waals surface area contributed by atoms with Crippen LogP contribution in [0.15, 0.2) is 65.1 Å². The molecule has 0 radical (unpaired) electrons. The van der Waals surface area contributed by atoms with E-state index in [0.717, 1.165) is 44.1 Å². The van der Waals surface area contributed by atoms with E-state index in [1.165, 1.54) is 0 Å². The molecule has 25 heavy (non-hydrogen) atoms. The van der Waals surface area contributed by atoms with Gasteiger partial charge >= 0.3 is 0 Å². The largest absolute Gasteiger partial charge is 0.497 e. The minimum absolute atomic E-state index is 0.651. The van der Waals surface area contributed by atoms with Crippen LogP contribution < -0.4 is 4.74 Å². The fraction of sp³-hybridized carbons (Fsp3) is 0.0952. The highest BCUT2D eigenvalue weighted by Crippen LogP contribution is 2.35. The number of rotatable bonds is 3. The van der Waals surface area contributed by atoms with Crippen molar-refractivity contribution in [1.29, 1.82) is 0 Å². The molecule has 0 N–H and O–H groups in total. The second-order valence-electron chi connectivity index (χ2n) is 5.84. The molecule has 0 bridgehead atoms. The van der Waals surface area contributed by atoms with Crippen LogP contribution in [0, 0.1) is 6.92 Å². The fourth-order valence-corrected chi connectivity index (χ4v) is 3.07. The molecule has 0 saturated heterocycles. The molecule has 4 aromatic rings. The van der Waals surface area contributed by atoms with Crippen LogP contribution in [-0.4, -0.2) is 12.1 Å². The van der Waals surface area contributed by atoms with E-state index in [2.05, 4.69) is 11.1 Å². The summed E-state index contributed by atoms with van der Waals surface area (Å²) in [6, 6.07) is 19.9. The average molecular weight is 350 g/mol. The Kier molecular flexibility index (Phi) is 3.94. The molecule has 0 spiro atoms. The van der Waals surface area contributed by atoms with Crippen LogP contribution >= 0.6 is 11.6 Å². The van der Waals surface area contributed by atoms with Crippen LogP contribution in [-0.2, 0) is 0 Å². The number of halogens is 1. The molecule has 1 aromatic heterocycles. The molecule has 124 valence electrons. The minimum atomic E-state index is 0.651. The second kappa shape index (κ2) is 6.26. The van der Waals surface area contributed by atoms with Gasteiger partial charge in [-0.2, -0.15) is 0 Å². The van der Waals surface area contributed by atoms with Gasteiger partial charge < -0.3 is 9.15 Å². The molecule has 3 nitrogen and oxygen atoms in total. The zero-order valence-electron chi connectivity index (χ0n) is 13.9. The van der Waals surface area contributed by atoms with Crippen molar-refractivity contribution < 1.29 is 9.15 Å². The standard InChI is InChI=1S/C21H16ClNO2/c1-13-23-21-19(15-5-9-18(24-2)10-6-15)11-16(12-20(21)25-13)14-3-7-17(22)8-4-14/h3-12H,1-2H3. The third kappa shape index (κ3) is 2.99. The van der Waals surface area contributed by atoms with E-state index >= 15 is 0 Å². The molecule has 0 aliphatic carbocycles. The molecule has 0 saturated carbocycles. The van der Waals surface area contributed by atoms with E-state index in [1.54, 1.807) is 7.11 Å². The van der Waals surface area contributed by atoms with Crippen LogP contribution in [0.3, 0.4) is 0 Å². The van der Waals surface area contributed by atoms with E-state index in [4.69, 9.17) is 20.8 Å². The van der Waals surface area contributed by atoms with Crippen molar-refractivity contribution >= 4 is 22.7 Å². The summed E-state index contributed by atoms with van der Waals surface area (Å²) in [6.07, 6.45) is 0. The van der Waals surface area contributed by atoms with Gasteiger partial charge in [-0.15, -0.1) is 0 Å². The monoisotopic (exact) mass is 349 g/mol. The van der Waals surface area contributed by atoms with E-state index < -0.39 is 0 Å². The van der Waals surface area contributed by atoms with Crippen molar-refractivity contribution in [2.45, 2.75) is 6.92 Å². The molecule has 0 aliphatic heterocycles. The molecule has 0 atom stereocenters. The SMILES string of the molecule is COc1ccc(-c2cc(-c3ccc(Cl)cc3)cc3oc(C)nc23)cc1. The van der Waals surface area contributed by atoms with Crippen molar-refractivity contribution in [3.8, 4) is 28.0 Å². The summed E-state index contributed by atoms with van der Waals surface area (Å²) in [4.78, 5) is 4.56. The Morgan fingerprint density at radius 1 is 0.880 bits per heavy atom. The molecular weight excluding hydrogens is 334 g/mol. The smallest absolute Gasteiger partial charge is 0.192 e. The molecular formula is C21H16ClNO2. The number of hydrogen-bond donors (Lipinski definition) is 0. The molecule has 0 unspecified atom stereocenters. The summed E-state index contributed by atoms with van der Waals surface area (Å²) in [5.74, 6) is 1.48. The highest BCUT2D eigenvalue weighted by molar-refractivity contribution is 6.30. The number of aryl methyl sites for hydroxylation is 1. The van der Waals surface area contributed by atoms with Gasteiger partial charge in [0.2, 0.25) is 0 Å². The predicted molar refractivity (Wildman–Crippen MR) is 101 cm³/mol. The molecule has 3 aromatic carbocycles. The highest BCUT2D eigenvalue weighted by Gasteiger charge is 2.13. The van der Waals surface area contributed by atoms with Crippen molar-refractivity contribution in [3.63, 3.8) is 0 Å². The summed E-state index contributed by atoms with van der Waals surface area (Å²) in [6.45, 7) is 1.86. The normalized spacial score (nSPS) is 11.0. The number of benzene rings is 3. The van der Waals surface area contributed by atoms with Gasteiger partial charge in [0, 0.05) is 17.5 Å². The maximum Gasteiger partial charge on any atom is 0.192 e. The highest BCUT2D eigenvalue weighted by atomic mass is 35.5.